The largest absolute Gasteiger partial charge is 0.474 e. The third-order valence-corrected chi connectivity index (χ3v) is 2.16. The van der Waals surface area contributed by atoms with Crippen molar-refractivity contribution in [2.45, 2.75) is 6.92 Å². The number of carboxylic acids is 1. The van der Waals surface area contributed by atoms with Gasteiger partial charge in [0.25, 0.3) is 0 Å². The molecule has 0 radical (unpaired) electrons. The molecule has 16 heavy (non-hydrogen) atoms. The second kappa shape index (κ2) is 3.73. The van der Waals surface area contributed by atoms with E-state index in [-0.39, 0.29) is 6.79 Å². The van der Waals surface area contributed by atoms with Crippen molar-refractivity contribution < 1.29 is 24.2 Å². The minimum atomic E-state index is -1.53. The summed E-state index contributed by atoms with van der Waals surface area (Å²) in [4.78, 5) is 21.4. The van der Waals surface area contributed by atoms with Crippen molar-refractivity contribution in [1.29, 1.82) is 0 Å². The number of nitrogens with one attached hydrogen (secondary N) is 1. The fourth-order valence-corrected chi connectivity index (χ4v) is 1.35. The highest BCUT2D eigenvalue weighted by molar-refractivity contribution is 6.36. The van der Waals surface area contributed by atoms with E-state index in [9.17, 15) is 9.59 Å². The number of hydrogen-bond donors (Lipinski definition) is 2. The van der Waals surface area contributed by atoms with E-state index in [4.69, 9.17) is 14.6 Å². The lowest BCUT2D eigenvalue weighted by molar-refractivity contribution is -0.147. The van der Waals surface area contributed by atoms with Crippen LogP contribution < -0.4 is 14.8 Å². The summed E-state index contributed by atoms with van der Waals surface area (Å²) in [5, 5.41) is 10.7. The molecule has 0 atom stereocenters. The van der Waals surface area contributed by atoms with Gasteiger partial charge in [-0.25, -0.2) is 4.79 Å². The third kappa shape index (κ3) is 1.77. The smallest absolute Gasteiger partial charge is 0.394 e. The van der Waals surface area contributed by atoms with Crippen LogP contribution in [-0.4, -0.2) is 23.8 Å². The van der Waals surface area contributed by atoms with E-state index in [1.165, 1.54) is 0 Å². The number of hydrogen-bond acceptors (Lipinski definition) is 4. The molecule has 84 valence electrons. The molecule has 2 rings (SSSR count). The van der Waals surface area contributed by atoms with Gasteiger partial charge in [0, 0.05) is 11.8 Å². The normalized spacial score (nSPS) is 12.3. The van der Waals surface area contributed by atoms with Crippen LogP contribution in [0.2, 0.25) is 0 Å². The van der Waals surface area contributed by atoms with Crippen LogP contribution in [0.4, 0.5) is 5.69 Å². The van der Waals surface area contributed by atoms with Gasteiger partial charge in [0.15, 0.2) is 11.5 Å². The minimum absolute atomic E-state index is 0.130. The first-order chi connectivity index (χ1) is 7.58. The van der Waals surface area contributed by atoms with E-state index in [0.29, 0.717) is 22.7 Å². The molecule has 0 saturated carbocycles. The van der Waals surface area contributed by atoms with E-state index in [0.717, 1.165) is 0 Å². The van der Waals surface area contributed by atoms with Crippen LogP contribution in [0, 0.1) is 6.92 Å². The number of anilines is 1. The Labute approximate surface area is 90.8 Å². The number of carbonyl (C=O) groups is 2. The molecule has 1 aliphatic heterocycles. The van der Waals surface area contributed by atoms with Gasteiger partial charge < -0.3 is 19.9 Å². The van der Waals surface area contributed by atoms with Gasteiger partial charge in [0.05, 0.1) is 0 Å². The van der Waals surface area contributed by atoms with Crippen molar-refractivity contribution >= 4 is 17.6 Å². The summed E-state index contributed by atoms with van der Waals surface area (Å²) in [6.07, 6.45) is 0. The molecule has 1 amide bonds. The Hall–Kier alpha value is -2.24. The Kier molecular flexibility index (Phi) is 2.40. The van der Waals surface area contributed by atoms with Crippen molar-refractivity contribution in [3.63, 3.8) is 0 Å². The number of carboxylic acid groups (broad SMARTS) is 1. The van der Waals surface area contributed by atoms with Gasteiger partial charge in [-0.2, -0.15) is 0 Å². The standard InChI is InChI=1S/C10H9NO5/c1-5-2-7-8(16-4-15-7)3-6(5)11-9(12)10(13)14/h2-3H,4H2,1H3,(H,11,12)(H,13,14). The first-order valence-electron chi connectivity index (χ1n) is 4.52. The van der Waals surface area contributed by atoms with Crippen LogP contribution in [0.5, 0.6) is 11.5 Å². The average molecular weight is 223 g/mol. The van der Waals surface area contributed by atoms with Crippen LogP contribution >= 0.6 is 0 Å². The molecule has 1 heterocycles. The van der Waals surface area contributed by atoms with Crippen LogP contribution in [0.3, 0.4) is 0 Å². The number of amides is 1. The molecule has 1 aromatic rings. The first-order valence-corrected chi connectivity index (χ1v) is 4.52. The molecule has 0 fully saturated rings. The second-order valence-electron chi connectivity index (χ2n) is 3.28. The molecule has 0 aliphatic carbocycles. The van der Waals surface area contributed by atoms with Crippen LogP contribution in [-0.2, 0) is 9.59 Å². The van der Waals surface area contributed by atoms with E-state index >= 15 is 0 Å². The van der Waals surface area contributed by atoms with Crippen LogP contribution in [0.25, 0.3) is 0 Å². The molecular formula is C10H9NO5. The van der Waals surface area contributed by atoms with E-state index in [1.807, 2.05) is 0 Å². The van der Waals surface area contributed by atoms with Crippen molar-refractivity contribution in [1.82, 2.24) is 0 Å². The zero-order valence-electron chi connectivity index (χ0n) is 8.44. The number of fused-ring (bicyclic) bond motifs is 1. The lowest BCUT2D eigenvalue weighted by atomic mass is 10.1. The molecule has 0 unspecified atom stereocenters. The maximum Gasteiger partial charge on any atom is 0.394 e. The fourth-order valence-electron chi connectivity index (χ4n) is 1.35. The van der Waals surface area contributed by atoms with Gasteiger partial charge in [-0.3, -0.25) is 4.79 Å². The summed E-state index contributed by atoms with van der Waals surface area (Å²) in [5.41, 5.74) is 1.11. The van der Waals surface area contributed by atoms with Gasteiger partial charge in [-0.15, -0.1) is 0 Å². The lowest BCUT2D eigenvalue weighted by Crippen LogP contribution is -2.22. The van der Waals surface area contributed by atoms with Gasteiger partial charge in [0.1, 0.15) is 0 Å². The quantitative estimate of drug-likeness (QED) is 0.686. The van der Waals surface area contributed by atoms with E-state index in [1.54, 1.807) is 19.1 Å². The SMILES string of the molecule is Cc1cc2c(cc1NC(=O)C(=O)O)OCO2. The Bertz CT molecular complexity index is 469. The number of carbonyl (C=O) groups excluding carboxylic acids is 1. The predicted molar refractivity (Wildman–Crippen MR) is 53.6 cm³/mol. The average Bonchev–Trinajstić information content (AvgIpc) is 2.65. The fraction of sp³-hybridized carbons (Fsp3) is 0.200. The Balaban J connectivity index is 2.28. The second-order valence-corrected chi connectivity index (χ2v) is 3.28. The maximum atomic E-state index is 11.0. The summed E-state index contributed by atoms with van der Waals surface area (Å²) in [6.45, 7) is 1.87. The zero-order valence-corrected chi connectivity index (χ0v) is 8.44. The molecule has 0 saturated heterocycles. The Morgan fingerprint density at radius 2 is 1.94 bits per heavy atom. The van der Waals surface area contributed by atoms with E-state index in [2.05, 4.69) is 5.32 Å². The topological polar surface area (TPSA) is 84.9 Å². The van der Waals surface area contributed by atoms with Crippen LogP contribution in [0.1, 0.15) is 5.56 Å². The van der Waals surface area contributed by atoms with E-state index < -0.39 is 11.9 Å². The highest BCUT2D eigenvalue weighted by atomic mass is 16.7. The molecule has 6 nitrogen and oxygen atoms in total. The predicted octanol–water partition coefficient (Wildman–Crippen LogP) is 0.747. The van der Waals surface area contributed by atoms with Gasteiger partial charge in [-0.1, -0.05) is 0 Å². The molecule has 1 aromatic carbocycles. The highest BCUT2D eigenvalue weighted by Crippen LogP contribution is 2.36. The highest BCUT2D eigenvalue weighted by Gasteiger charge is 2.18. The van der Waals surface area contributed by atoms with Gasteiger partial charge in [0.2, 0.25) is 6.79 Å². The summed E-state index contributed by atoms with van der Waals surface area (Å²) in [5.74, 6) is -1.53. The Morgan fingerprint density at radius 3 is 2.56 bits per heavy atom. The molecule has 0 spiro atoms. The van der Waals surface area contributed by atoms with Gasteiger partial charge >= 0.3 is 11.9 Å². The summed E-state index contributed by atoms with van der Waals surface area (Å²) in [7, 11) is 0. The minimum Gasteiger partial charge on any atom is -0.474 e. The summed E-state index contributed by atoms with van der Waals surface area (Å²) < 4.78 is 10.3. The van der Waals surface area contributed by atoms with Crippen molar-refractivity contribution in [2.75, 3.05) is 12.1 Å². The monoisotopic (exact) mass is 223 g/mol. The number of rotatable bonds is 1. The molecule has 1 aliphatic rings. The van der Waals surface area contributed by atoms with Gasteiger partial charge in [-0.05, 0) is 18.6 Å². The molecule has 6 heteroatoms. The van der Waals surface area contributed by atoms with Crippen molar-refractivity contribution in [3.05, 3.63) is 17.7 Å². The zero-order chi connectivity index (χ0) is 11.7. The van der Waals surface area contributed by atoms with Crippen molar-refractivity contribution in [3.8, 4) is 11.5 Å². The number of ether oxygens (including phenoxy) is 2. The van der Waals surface area contributed by atoms with Crippen molar-refractivity contribution in [2.24, 2.45) is 0 Å². The molecule has 2 N–H and O–H groups in total. The Morgan fingerprint density at radius 1 is 1.31 bits per heavy atom. The third-order valence-electron chi connectivity index (χ3n) is 2.16. The number of aliphatic carboxylic acids is 1. The first kappa shape index (κ1) is 10.3. The number of benzene rings is 1. The summed E-state index contributed by atoms with van der Waals surface area (Å²) in [6, 6.07) is 3.22. The molecular weight excluding hydrogens is 214 g/mol. The number of aryl methyl sites for hydroxylation is 1. The maximum absolute atomic E-state index is 11.0. The molecule has 0 aromatic heterocycles. The lowest BCUT2D eigenvalue weighted by Gasteiger charge is -2.07. The molecule has 0 bridgehead atoms. The van der Waals surface area contributed by atoms with Crippen LogP contribution in [0.15, 0.2) is 12.1 Å². The summed E-state index contributed by atoms with van der Waals surface area (Å²) >= 11 is 0.